The summed E-state index contributed by atoms with van der Waals surface area (Å²) < 4.78 is 49.9. The Bertz CT molecular complexity index is 1310. The lowest BCUT2D eigenvalue weighted by atomic mass is 10.0. The second kappa shape index (κ2) is 8.33. The Balaban J connectivity index is 1.31. The van der Waals surface area contributed by atoms with Gasteiger partial charge in [-0.25, -0.2) is 13.2 Å². The molecule has 0 bridgehead atoms. The van der Waals surface area contributed by atoms with Crippen molar-refractivity contribution >= 4 is 11.6 Å². The Hall–Kier alpha value is -2.85. The van der Waals surface area contributed by atoms with Crippen molar-refractivity contribution in [2.75, 3.05) is 38.7 Å². The van der Waals surface area contributed by atoms with Crippen molar-refractivity contribution in [1.82, 2.24) is 14.8 Å². The highest BCUT2D eigenvalue weighted by Crippen LogP contribution is 2.54. The number of carbonyl (C=O) groups excluding carboxylic acids is 1. The fourth-order valence-corrected chi connectivity index (χ4v) is 6.39. The van der Waals surface area contributed by atoms with E-state index >= 15 is 0 Å². The van der Waals surface area contributed by atoms with Crippen LogP contribution in [-0.4, -0.2) is 54.8 Å². The van der Waals surface area contributed by atoms with Crippen molar-refractivity contribution in [2.24, 2.45) is 17.8 Å². The van der Waals surface area contributed by atoms with Gasteiger partial charge in [0.1, 0.15) is 5.82 Å². The summed E-state index contributed by atoms with van der Waals surface area (Å²) in [5, 5.41) is 6.19. The molecular formula is C27H31F3N4O3. The SMILES string of the molecule is C[C@@H](NC(=O)c1cn([C@]23COC[C@H]2C3)c(=O)cc1N[C@H]1[C@@H]2CN(C)C[C@@H]21)c1cccc(C(C)(F)F)c1F. The van der Waals surface area contributed by atoms with E-state index in [9.17, 15) is 22.8 Å². The Morgan fingerprint density at radius 2 is 2.00 bits per heavy atom. The lowest BCUT2D eigenvalue weighted by Crippen LogP contribution is -2.36. The predicted octanol–water partition coefficient (Wildman–Crippen LogP) is 3.31. The zero-order chi connectivity index (χ0) is 26.3. The van der Waals surface area contributed by atoms with Crippen LogP contribution in [0.4, 0.5) is 18.9 Å². The van der Waals surface area contributed by atoms with E-state index in [-0.39, 0.29) is 28.6 Å². The normalized spacial score (nSPS) is 31.0. The highest BCUT2D eigenvalue weighted by atomic mass is 19.3. The van der Waals surface area contributed by atoms with Crippen molar-refractivity contribution in [3.8, 4) is 0 Å². The lowest BCUT2D eigenvalue weighted by Gasteiger charge is -2.22. The molecule has 198 valence electrons. The Labute approximate surface area is 213 Å². The van der Waals surface area contributed by atoms with Gasteiger partial charge in [-0.05, 0) is 32.2 Å². The molecule has 0 radical (unpaired) electrons. The summed E-state index contributed by atoms with van der Waals surface area (Å²) in [5.41, 5.74) is -0.661. The largest absolute Gasteiger partial charge is 0.381 e. The molecule has 4 aliphatic rings. The third kappa shape index (κ3) is 4.05. The zero-order valence-corrected chi connectivity index (χ0v) is 21.1. The standard InChI is InChI=1S/C27H31F3N4O3/c1-14(16-5-4-6-20(23(16)28)26(2,29)30)31-25(36)19-11-34(27-8-15(27)12-37-13-27)22(35)7-21(19)32-24-17-9-33(3)10-18(17)24/h4-7,11,14-15,17-18,24,32H,8-10,12-13H2,1-3H3,(H,31,36)/t14-,15-,17-,18+,24+,27-/m1/s1. The van der Waals surface area contributed by atoms with Crippen molar-refractivity contribution in [3.05, 3.63) is 63.3 Å². The van der Waals surface area contributed by atoms with Crippen LogP contribution < -0.4 is 16.2 Å². The molecule has 7 nitrogen and oxygen atoms in total. The molecule has 6 rings (SSSR count). The first kappa shape index (κ1) is 24.5. The number of fused-ring (bicyclic) bond motifs is 2. The number of nitrogens with one attached hydrogen (secondary N) is 2. The maximum atomic E-state index is 15.0. The molecule has 2 saturated heterocycles. The van der Waals surface area contributed by atoms with Gasteiger partial charge in [0.05, 0.1) is 41.6 Å². The molecule has 1 aromatic heterocycles. The Morgan fingerprint density at radius 3 is 2.62 bits per heavy atom. The predicted molar refractivity (Wildman–Crippen MR) is 131 cm³/mol. The summed E-state index contributed by atoms with van der Waals surface area (Å²) in [6, 6.07) is 4.57. The number of carbonyl (C=O) groups is 1. The van der Waals surface area contributed by atoms with Gasteiger partial charge in [0.25, 0.3) is 17.4 Å². The number of rotatable bonds is 7. The molecule has 37 heavy (non-hydrogen) atoms. The summed E-state index contributed by atoms with van der Waals surface area (Å²) >= 11 is 0. The van der Waals surface area contributed by atoms with Crippen LogP contribution in [-0.2, 0) is 16.2 Å². The first-order valence-corrected chi connectivity index (χ1v) is 12.8. The topological polar surface area (TPSA) is 75.6 Å². The van der Waals surface area contributed by atoms with E-state index < -0.39 is 34.8 Å². The van der Waals surface area contributed by atoms with Gasteiger partial charge in [0, 0.05) is 49.8 Å². The smallest absolute Gasteiger partial charge is 0.273 e. The number of likely N-dealkylation sites (tertiary alicyclic amines) is 1. The molecule has 0 spiro atoms. The highest BCUT2D eigenvalue weighted by molar-refractivity contribution is 5.99. The number of piperidine rings is 1. The van der Waals surface area contributed by atoms with Gasteiger partial charge in [-0.2, -0.15) is 0 Å². The first-order valence-electron chi connectivity index (χ1n) is 12.8. The van der Waals surface area contributed by atoms with Crippen LogP contribution in [0, 0.1) is 23.6 Å². The molecule has 2 aliphatic carbocycles. The third-order valence-electron chi connectivity index (χ3n) is 8.66. The van der Waals surface area contributed by atoms with E-state index in [1.54, 1.807) is 17.7 Å². The molecule has 10 heteroatoms. The molecule has 2 aromatic rings. The molecule has 2 saturated carbocycles. The van der Waals surface area contributed by atoms with E-state index in [1.807, 2.05) is 0 Å². The molecule has 2 N–H and O–H groups in total. The van der Waals surface area contributed by atoms with Crippen LogP contribution in [0.25, 0.3) is 0 Å². The van der Waals surface area contributed by atoms with E-state index in [2.05, 4.69) is 22.6 Å². The van der Waals surface area contributed by atoms with Crippen LogP contribution in [0.3, 0.4) is 0 Å². The third-order valence-corrected chi connectivity index (χ3v) is 8.66. The number of nitrogens with zero attached hydrogens (tertiary/aromatic N) is 2. The fourth-order valence-electron chi connectivity index (χ4n) is 6.39. The molecule has 6 atom stereocenters. The summed E-state index contributed by atoms with van der Waals surface area (Å²) in [5.74, 6) is -3.73. The van der Waals surface area contributed by atoms with Gasteiger partial charge in [-0.15, -0.1) is 0 Å². The van der Waals surface area contributed by atoms with Gasteiger partial charge in [0.15, 0.2) is 0 Å². The number of alkyl halides is 2. The second-order valence-electron chi connectivity index (χ2n) is 11.3. The Morgan fingerprint density at radius 1 is 1.27 bits per heavy atom. The average molecular weight is 517 g/mol. The Kier molecular flexibility index (Phi) is 5.51. The molecule has 2 aliphatic heterocycles. The minimum atomic E-state index is -3.35. The van der Waals surface area contributed by atoms with E-state index in [0.29, 0.717) is 37.7 Å². The van der Waals surface area contributed by atoms with Crippen LogP contribution in [0.5, 0.6) is 0 Å². The van der Waals surface area contributed by atoms with Crippen molar-refractivity contribution < 1.29 is 22.7 Å². The highest BCUT2D eigenvalue weighted by Gasteiger charge is 2.60. The number of hydrogen-bond donors (Lipinski definition) is 2. The number of ether oxygens (including phenoxy) is 1. The van der Waals surface area contributed by atoms with Gasteiger partial charge in [-0.3, -0.25) is 9.59 Å². The monoisotopic (exact) mass is 516 g/mol. The van der Waals surface area contributed by atoms with Gasteiger partial charge in [0.2, 0.25) is 0 Å². The number of pyridine rings is 1. The van der Waals surface area contributed by atoms with Gasteiger partial charge >= 0.3 is 0 Å². The molecule has 0 unspecified atom stereocenters. The van der Waals surface area contributed by atoms with Crippen molar-refractivity contribution in [2.45, 2.75) is 43.8 Å². The maximum Gasteiger partial charge on any atom is 0.273 e. The van der Waals surface area contributed by atoms with Gasteiger partial charge < -0.3 is 24.8 Å². The number of amides is 1. The molecule has 1 aromatic carbocycles. The fraction of sp³-hybridized carbons (Fsp3) is 0.556. The van der Waals surface area contributed by atoms with Crippen LogP contribution in [0.2, 0.25) is 0 Å². The lowest BCUT2D eigenvalue weighted by molar-refractivity contribution is 0.0135. The molecular weight excluding hydrogens is 485 g/mol. The van der Waals surface area contributed by atoms with Crippen LogP contribution in [0.15, 0.2) is 35.3 Å². The number of benzene rings is 1. The van der Waals surface area contributed by atoms with Gasteiger partial charge in [-0.1, -0.05) is 18.2 Å². The quantitative estimate of drug-likeness (QED) is 0.591. The summed E-state index contributed by atoms with van der Waals surface area (Å²) in [6.07, 6.45) is 2.40. The number of hydrogen-bond acceptors (Lipinski definition) is 5. The average Bonchev–Trinajstić information content (AvgIpc) is 3.54. The van der Waals surface area contributed by atoms with E-state index in [1.165, 1.54) is 18.2 Å². The van der Waals surface area contributed by atoms with Crippen LogP contribution >= 0.6 is 0 Å². The molecule has 3 heterocycles. The number of anilines is 1. The van der Waals surface area contributed by atoms with E-state index in [4.69, 9.17) is 4.74 Å². The van der Waals surface area contributed by atoms with Crippen LogP contribution in [0.1, 0.15) is 47.8 Å². The summed E-state index contributed by atoms with van der Waals surface area (Å²) in [4.78, 5) is 29.0. The zero-order valence-electron chi connectivity index (χ0n) is 21.1. The first-order chi connectivity index (χ1) is 17.5. The minimum Gasteiger partial charge on any atom is -0.381 e. The maximum absolute atomic E-state index is 15.0. The molecule has 1 amide bonds. The second-order valence-corrected chi connectivity index (χ2v) is 11.3. The summed E-state index contributed by atoms with van der Waals surface area (Å²) in [7, 11) is 2.07. The van der Waals surface area contributed by atoms with E-state index in [0.717, 1.165) is 25.6 Å². The molecule has 4 fully saturated rings. The number of halogens is 3. The van der Waals surface area contributed by atoms with Crippen molar-refractivity contribution in [3.63, 3.8) is 0 Å². The van der Waals surface area contributed by atoms with Crippen molar-refractivity contribution in [1.29, 1.82) is 0 Å². The summed E-state index contributed by atoms with van der Waals surface area (Å²) in [6.45, 7) is 5.11. The minimum absolute atomic E-state index is 0.0278. The number of aromatic nitrogens is 1.